The number of aliphatic carboxylic acids is 1. The molecule has 1 fully saturated rings. The van der Waals surface area contributed by atoms with Crippen molar-refractivity contribution in [1.29, 1.82) is 0 Å². The number of rotatable bonds is 6. The van der Waals surface area contributed by atoms with Crippen LogP contribution in [-0.2, 0) is 22.4 Å². The van der Waals surface area contributed by atoms with Gasteiger partial charge in [-0.05, 0) is 55.8 Å². The number of hydrogen-bond acceptors (Lipinski definition) is 3. The number of carbonyl (C=O) groups is 2. The molecule has 3 rings (SSSR count). The van der Waals surface area contributed by atoms with Crippen LogP contribution < -0.4 is 4.90 Å². The average molecular weight is 344 g/mol. The summed E-state index contributed by atoms with van der Waals surface area (Å²) in [4.78, 5) is 27.5. The summed E-state index contributed by atoms with van der Waals surface area (Å²) in [7, 11) is 0. The van der Waals surface area contributed by atoms with Crippen LogP contribution in [0.2, 0.25) is 0 Å². The molecule has 0 aliphatic carbocycles. The van der Waals surface area contributed by atoms with Crippen LogP contribution in [0.1, 0.15) is 43.7 Å². The maximum Gasteiger partial charge on any atom is 0.307 e. The zero-order chi connectivity index (χ0) is 17.8. The van der Waals surface area contributed by atoms with Crippen molar-refractivity contribution in [2.75, 3.05) is 31.1 Å². The lowest BCUT2D eigenvalue weighted by molar-refractivity contribution is -0.143. The first-order valence-corrected chi connectivity index (χ1v) is 9.45. The number of nitrogens with zero attached hydrogens (tertiary/aromatic N) is 2. The Hall–Kier alpha value is -1.88. The summed E-state index contributed by atoms with van der Waals surface area (Å²) >= 11 is 0. The summed E-state index contributed by atoms with van der Waals surface area (Å²) in [5.74, 6) is -0.659. The van der Waals surface area contributed by atoms with Crippen LogP contribution in [0.5, 0.6) is 0 Å². The molecule has 1 aromatic rings. The second-order valence-electron chi connectivity index (χ2n) is 7.24. The molecule has 1 unspecified atom stereocenters. The molecule has 2 aliphatic rings. The Morgan fingerprint density at radius 3 is 2.88 bits per heavy atom. The van der Waals surface area contributed by atoms with Crippen molar-refractivity contribution in [2.24, 2.45) is 5.92 Å². The number of carboxylic acid groups (broad SMARTS) is 1. The smallest absolute Gasteiger partial charge is 0.307 e. The van der Waals surface area contributed by atoms with Crippen LogP contribution in [0.3, 0.4) is 0 Å². The predicted octanol–water partition coefficient (Wildman–Crippen LogP) is 2.71. The summed E-state index contributed by atoms with van der Waals surface area (Å²) < 4.78 is 0. The van der Waals surface area contributed by atoms with Crippen molar-refractivity contribution in [2.45, 2.75) is 45.4 Å². The fourth-order valence-corrected chi connectivity index (χ4v) is 3.97. The van der Waals surface area contributed by atoms with Gasteiger partial charge in [-0.3, -0.25) is 9.59 Å². The molecule has 5 nitrogen and oxygen atoms in total. The summed E-state index contributed by atoms with van der Waals surface area (Å²) in [5.41, 5.74) is 3.62. The van der Waals surface area contributed by atoms with Crippen molar-refractivity contribution in [3.63, 3.8) is 0 Å². The SMILES string of the molecule is CCCC(=O)N1CCc2cc(CCN3CCCC(C(=O)O)C3)ccc21. The highest BCUT2D eigenvalue weighted by molar-refractivity contribution is 5.95. The molecule has 0 radical (unpaired) electrons. The van der Waals surface area contributed by atoms with Crippen molar-refractivity contribution in [3.05, 3.63) is 29.3 Å². The Balaban J connectivity index is 1.58. The Morgan fingerprint density at radius 2 is 2.12 bits per heavy atom. The molecule has 0 aromatic heterocycles. The molecule has 1 amide bonds. The number of benzene rings is 1. The van der Waals surface area contributed by atoms with Crippen molar-refractivity contribution in [3.8, 4) is 0 Å². The summed E-state index contributed by atoms with van der Waals surface area (Å²) in [5, 5.41) is 9.20. The van der Waals surface area contributed by atoms with Crippen LogP contribution in [0.15, 0.2) is 18.2 Å². The lowest BCUT2D eigenvalue weighted by Crippen LogP contribution is -2.39. The lowest BCUT2D eigenvalue weighted by atomic mass is 9.97. The Morgan fingerprint density at radius 1 is 1.28 bits per heavy atom. The van der Waals surface area contributed by atoms with E-state index in [1.54, 1.807) is 0 Å². The third-order valence-corrected chi connectivity index (χ3v) is 5.38. The summed E-state index contributed by atoms with van der Waals surface area (Å²) in [6.07, 6.45) is 5.13. The molecule has 0 spiro atoms. The summed E-state index contributed by atoms with van der Waals surface area (Å²) in [6, 6.07) is 6.43. The van der Waals surface area contributed by atoms with Crippen molar-refractivity contribution in [1.82, 2.24) is 4.90 Å². The minimum absolute atomic E-state index is 0.216. The molecule has 1 saturated heterocycles. The zero-order valence-electron chi connectivity index (χ0n) is 15.0. The van der Waals surface area contributed by atoms with Gasteiger partial charge in [-0.25, -0.2) is 0 Å². The van der Waals surface area contributed by atoms with Gasteiger partial charge in [0.15, 0.2) is 0 Å². The molecule has 25 heavy (non-hydrogen) atoms. The van der Waals surface area contributed by atoms with Crippen molar-refractivity contribution >= 4 is 17.6 Å². The minimum atomic E-state index is -0.668. The number of piperidine rings is 1. The van der Waals surface area contributed by atoms with E-state index in [-0.39, 0.29) is 11.8 Å². The molecule has 0 bridgehead atoms. The van der Waals surface area contributed by atoms with Crippen molar-refractivity contribution < 1.29 is 14.7 Å². The van der Waals surface area contributed by atoms with E-state index < -0.39 is 5.97 Å². The van der Waals surface area contributed by atoms with Gasteiger partial charge in [0.05, 0.1) is 5.92 Å². The van der Waals surface area contributed by atoms with E-state index in [1.165, 1.54) is 11.1 Å². The first kappa shape index (κ1) is 17.9. The van der Waals surface area contributed by atoms with Gasteiger partial charge >= 0.3 is 5.97 Å². The van der Waals surface area contributed by atoms with Gasteiger partial charge in [-0.1, -0.05) is 19.1 Å². The molecule has 5 heteroatoms. The predicted molar refractivity (Wildman–Crippen MR) is 97.9 cm³/mol. The second-order valence-corrected chi connectivity index (χ2v) is 7.24. The number of likely N-dealkylation sites (tertiary alicyclic amines) is 1. The van der Waals surface area contributed by atoms with Crippen LogP contribution in [0.4, 0.5) is 5.69 Å². The normalized spacial score (nSPS) is 20.5. The second kappa shape index (κ2) is 8.00. The van der Waals surface area contributed by atoms with Crippen LogP contribution in [0, 0.1) is 5.92 Å². The highest BCUT2D eigenvalue weighted by Crippen LogP contribution is 2.30. The minimum Gasteiger partial charge on any atom is -0.481 e. The van der Waals surface area contributed by atoms with E-state index in [0.29, 0.717) is 13.0 Å². The van der Waals surface area contributed by atoms with Gasteiger partial charge in [0.2, 0.25) is 5.91 Å². The quantitative estimate of drug-likeness (QED) is 0.862. The highest BCUT2D eigenvalue weighted by Gasteiger charge is 2.26. The Bertz CT molecular complexity index is 644. The Labute approximate surface area is 149 Å². The maximum absolute atomic E-state index is 12.2. The van der Waals surface area contributed by atoms with E-state index in [0.717, 1.165) is 57.4 Å². The monoisotopic (exact) mass is 344 g/mol. The van der Waals surface area contributed by atoms with Crippen LogP contribution >= 0.6 is 0 Å². The molecule has 1 N–H and O–H groups in total. The molecule has 136 valence electrons. The fourth-order valence-electron chi connectivity index (χ4n) is 3.97. The molecule has 1 aromatic carbocycles. The van der Waals surface area contributed by atoms with Gasteiger partial charge in [-0.2, -0.15) is 0 Å². The number of fused-ring (bicyclic) bond motifs is 1. The van der Waals surface area contributed by atoms with Crippen LogP contribution in [-0.4, -0.2) is 48.1 Å². The molecular formula is C20H28N2O3. The van der Waals surface area contributed by atoms with Gasteiger partial charge in [0.25, 0.3) is 0 Å². The third-order valence-electron chi connectivity index (χ3n) is 5.38. The van der Waals surface area contributed by atoms with E-state index in [9.17, 15) is 14.7 Å². The Kier molecular flexibility index (Phi) is 5.74. The maximum atomic E-state index is 12.2. The van der Waals surface area contributed by atoms with Gasteiger partial charge < -0.3 is 14.9 Å². The molecular weight excluding hydrogens is 316 g/mol. The highest BCUT2D eigenvalue weighted by atomic mass is 16.4. The number of amides is 1. The number of hydrogen-bond donors (Lipinski definition) is 1. The molecule has 2 heterocycles. The third kappa shape index (κ3) is 4.21. The van der Waals surface area contributed by atoms with Gasteiger partial charge in [-0.15, -0.1) is 0 Å². The lowest BCUT2D eigenvalue weighted by Gasteiger charge is -2.30. The molecule has 0 saturated carbocycles. The van der Waals surface area contributed by atoms with E-state index in [4.69, 9.17) is 0 Å². The first-order valence-electron chi connectivity index (χ1n) is 9.45. The zero-order valence-corrected chi connectivity index (χ0v) is 15.0. The average Bonchev–Trinajstić information content (AvgIpc) is 3.03. The number of carboxylic acids is 1. The summed E-state index contributed by atoms with van der Waals surface area (Å²) in [6.45, 7) is 5.40. The van der Waals surface area contributed by atoms with Gasteiger partial charge in [0, 0.05) is 31.7 Å². The van der Waals surface area contributed by atoms with E-state index >= 15 is 0 Å². The van der Waals surface area contributed by atoms with Gasteiger partial charge in [0.1, 0.15) is 0 Å². The molecule has 1 atom stereocenters. The largest absolute Gasteiger partial charge is 0.481 e. The van der Waals surface area contributed by atoms with E-state index in [1.807, 2.05) is 11.8 Å². The van der Waals surface area contributed by atoms with E-state index in [2.05, 4.69) is 23.1 Å². The topological polar surface area (TPSA) is 60.9 Å². The fraction of sp³-hybridized carbons (Fsp3) is 0.600. The van der Waals surface area contributed by atoms with Crippen LogP contribution in [0.25, 0.3) is 0 Å². The number of anilines is 1. The number of carbonyl (C=O) groups excluding carboxylic acids is 1. The first-order chi connectivity index (χ1) is 12.1. The molecule has 2 aliphatic heterocycles. The standard InChI is InChI=1S/C20H28N2O3/c1-2-4-19(23)22-12-9-16-13-15(6-7-18(16)22)8-11-21-10-3-5-17(14-21)20(24)25/h6-7,13,17H,2-5,8-12,14H2,1H3,(H,24,25).